The van der Waals surface area contributed by atoms with Crippen molar-refractivity contribution in [3.8, 4) is 0 Å². The van der Waals surface area contributed by atoms with Crippen LogP contribution in [-0.4, -0.2) is 25.5 Å². The number of hydrogen-bond acceptors (Lipinski definition) is 3. The SMILES string of the molecule is Cn1cc(I)c(C(=O)Nc2ccn(Cc3cccc(Cl)c3)n2)n1. The lowest BCUT2D eigenvalue weighted by Gasteiger charge is -2.03. The van der Waals surface area contributed by atoms with Crippen molar-refractivity contribution in [2.24, 2.45) is 7.05 Å². The normalized spacial score (nSPS) is 10.7. The third-order valence-corrected chi connectivity index (χ3v) is 4.14. The summed E-state index contributed by atoms with van der Waals surface area (Å²) in [5, 5.41) is 11.9. The largest absolute Gasteiger partial charge is 0.304 e. The average molecular weight is 442 g/mol. The first kappa shape index (κ1) is 16.0. The Bertz CT molecular complexity index is 857. The van der Waals surface area contributed by atoms with E-state index in [-0.39, 0.29) is 5.91 Å². The summed E-state index contributed by atoms with van der Waals surface area (Å²) in [5.74, 6) is 0.210. The fourth-order valence-corrected chi connectivity index (χ4v) is 3.10. The highest BCUT2D eigenvalue weighted by atomic mass is 127. The van der Waals surface area contributed by atoms with Crippen LogP contribution < -0.4 is 5.32 Å². The molecule has 0 atom stereocenters. The number of benzene rings is 1. The standard InChI is InChI=1S/C15H13ClIN5O/c1-21-9-12(17)14(20-21)15(23)18-13-5-6-22(19-13)8-10-3-2-4-11(16)7-10/h2-7,9H,8H2,1H3,(H,18,19,23). The van der Waals surface area contributed by atoms with Crippen LogP contribution >= 0.6 is 34.2 Å². The number of halogens is 2. The van der Waals surface area contributed by atoms with Crippen LogP contribution in [-0.2, 0) is 13.6 Å². The zero-order valence-corrected chi connectivity index (χ0v) is 15.1. The second kappa shape index (κ2) is 6.71. The van der Waals surface area contributed by atoms with Gasteiger partial charge in [-0.2, -0.15) is 10.2 Å². The molecule has 0 aliphatic carbocycles. The first-order valence-corrected chi connectivity index (χ1v) is 8.25. The Hall–Kier alpha value is -1.87. The predicted molar refractivity (Wildman–Crippen MR) is 96.7 cm³/mol. The van der Waals surface area contributed by atoms with Crippen molar-refractivity contribution in [2.75, 3.05) is 5.32 Å². The number of carbonyl (C=O) groups is 1. The number of nitrogens with zero attached hydrogens (tertiary/aromatic N) is 4. The van der Waals surface area contributed by atoms with Crippen LogP contribution in [0.4, 0.5) is 5.82 Å². The quantitative estimate of drug-likeness (QED) is 0.633. The lowest BCUT2D eigenvalue weighted by Crippen LogP contribution is -2.15. The minimum absolute atomic E-state index is 0.275. The van der Waals surface area contributed by atoms with Crippen molar-refractivity contribution >= 4 is 45.9 Å². The molecule has 1 amide bonds. The number of aromatic nitrogens is 4. The summed E-state index contributed by atoms with van der Waals surface area (Å²) >= 11 is 8.05. The number of carbonyl (C=O) groups excluding carboxylic acids is 1. The Morgan fingerprint density at radius 2 is 2.17 bits per heavy atom. The molecule has 6 nitrogen and oxygen atoms in total. The molecule has 2 aromatic heterocycles. The third kappa shape index (κ3) is 3.91. The summed E-state index contributed by atoms with van der Waals surface area (Å²) in [6, 6.07) is 9.33. The fourth-order valence-electron chi connectivity index (χ4n) is 2.13. The van der Waals surface area contributed by atoms with Crippen molar-refractivity contribution in [1.29, 1.82) is 0 Å². The number of nitrogens with one attached hydrogen (secondary N) is 1. The van der Waals surface area contributed by atoms with Gasteiger partial charge in [0.05, 0.1) is 10.1 Å². The average Bonchev–Trinajstić information content (AvgIpc) is 3.05. The first-order valence-electron chi connectivity index (χ1n) is 6.79. The molecule has 0 saturated carbocycles. The van der Waals surface area contributed by atoms with Gasteiger partial charge in [-0.15, -0.1) is 0 Å². The molecule has 2 heterocycles. The molecular weight excluding hydrogens is 429 g/mol. The molecule has 1 aromatic carbocycles. The minimum atomic E-state index is -0.275. The number of rotatable bonds is 4. The predicted octanol–water partition coefficient (Wildman–Crippen LogP) is 3.18. The van der Waals surface area contributed by atoms with Crippen molar-refractivity contribution in [3.63, 3.8) is 0 Å². The van der Waals surface area contributed by atoms with Crippen molar-refractivity contribution in [1.82, 2.24) is 19.6 Å². The summed E-state index contributed by atoms with van der Waals surface area (Å²) < 4.78 is 4.14. The summed E-state index contributed by atoms with van der Waals surface area (Å²) in [6.07, 6.45) is 3.59. The Morgan fingerprint density at radius 1 is 1.35 bits per heavy atom. The molecule has 3 rings (SSSR count). The molecule has 8 heteroatoms. The maximum atomic E-state index is 12.2. The highest BCUT2D eigenvalue weighted by Gasteiger charge is 2.15. The van der Waals surface area contributed by atoms with Gasteiger partial charge in [0.15, 0.2) is 11.5 Å². The van der Waals surface area contributed by atoms with E-state index in [9.17, 15) is 4.79 Å². The van der Waals surface area contributed by atoms with Gasteiger partial charge in [0.25, 0.3) is 5.91 Å². The Labute approximate surface area is 151 Å². The van der Waals surface area contributed by atoms with Gasteiger partial charge >= 0.3 is 0 Å². The molecule has 0 bridgehead atoms. The Balaban J connectivity index is 1.70. The molecule has 0 radical (unpaired) electrons. The van der Waals surface area contributed by atoms with Crippen molar-refractivity contribution in [3.05, 3.63) is 62.6 Å². The number of aryl methyl sites for hydroxylation is 1. The van der Waals surface area contributed by atoms with Crippen LogP contribution in [0.2, 0.25) is 5.02 Å². The molecule has 0 fully saturated rings. The highest BCUT2D eigenvalue weighted by molar-refractivity contribution is 14.1. The zero-order valence-electron chi connectivity index (χ0n) is 12.2. The van der Waals surface area contributed by atoms with Crippen molar-refractivity contribution < 1.29 is 4.79 Å². The van der Waals surface area contributed by atoms with E-state index in [2.05, 4.69) is 38.1 Å². The number of anilines is 1. The van der Waals surface area contributed by atoms with E-state index >= 15 is 0 Å². The van der Waals surface area contributed by atoms with Crippen LogP contribution in [0.25, 0.3) is 0 Å². The lowest BCUT2D eigenvalue weighted by atomic mass is 10.2. The van der Waals surface area contributed by atoms with Gasteiger partial charge in [0.1, 0.15) is 0 Å². The van der Waals surface area contributed by atoms with E-state index < -0.39 is 0 Å². The maximum absolute atomic E-state index is 12.2. The summed E-state index contributed by atoms with van der Waals surface area (Å²) in [7, 11) is 1.78. The van der Waals surface area contributed by atoms with Gasteiger partial charge in [-0.25, -0.2) is 0 Å². The van der Waals surface area contributed by atoms with Crippen LogP contribution in [0.3, 0.4) is 0 Å². The Kier molecular flexibility index (Phi) is 4.67. The maximum Gasteiger partial charge on any atom is 0.278 e. The summed E-state index contributed by atoms with van der Waals surface area (Å²) in [4.78, 5) is 12.2. The molecule has 0 saturated heterocycles. The van der Waals surface area contributed by atoms with Crippen LogP contribution in [0.5, 0.6) is 0 Å². The zero-order chi connectivity index (χ0) is 16.4. The van der Waals surface area contributed by atoms with Crippen molar-refractivity contribution in [2.45, 2.75) is 6.54 Å². The lowest BCUT2D eigenvalue weighted by molar-refractivity contribution is 0.102. The molecule has 3 aromatic rings. The van der Waals surface area contributed by atoms with Crippen LogP contribution in [0.15, 0.2) is 42.7 Å². The smallest absolute Gasteiger partial charge is 0.278 e. The van der Waals surface area contributed by atoms with E-state index in [1.165, 1.54) is 0 Å². The van der Waals surface area contributed by atoms with Gasteiger partial charge < -0.3 is 5.32 Å². The summed E-state index contributed by atoms with van der Waals surface area (Å²) in [6.45, 7) is 0.581. The topological polar surface area (TPSA) is 64.7 Å². The molecular formula is C15H13ClIN5O. The van der Waals surface area contributed by atoms with Gasteiger partial charge in [0, 0.05) is 30.5 Å². The molecule has 23 heavy (non-hydrogen) atoms. The summed E-state index contributed by atoms with van der Waals surface area (Å²) in [5.41, 5.74) is 1.43. The molecule has 0 unspecified atom stereocenters. The van der Waals surface area contributed by atoms with E-state index in [1.54, 1.807) is 34.9 Å². The second-order valence-corrected chi connectivity index (χ2v) is 6.58. The first-order chi connectivity index (χ1) is 11.0. The van der Waals surface area contributed by atoms with Crippen LogP contribution in [0.1, 0.15) is 16.1 Å². The van der Waals surface area contributed by atoms with Crippen LogP contribution in [0, 0.1) is 3.57 Å². The molecule has 0 spiro atoms. The molecule has 0 aliphatic rings. The number of amides is 1. The van der Waals surface area contributed by atoms with E-state index in [0.29, 0.717) is 23.1 Å². The molecule has 0 aliphatic heterocycles. The van der Waals surface area contributed by atoms with E-state index in [0.717, 1.165) is 9.13 Å². The van der Waals surface area contributed by atoms with Gasteiger partial charge in [-0.1, -0.05) is 23.7 Å². The minimum Gasteiger partial charge on any atom is -0.304 e. The number of hydrogen-bond donors (Lipinski definition) is 1. The highest BCUT2D eigenvalue weighted by Crippen LogP contribution is 2.14. The van der Waals surface area contributed by atoms with Gasteiger partial charge in [-0.3, -0.25) is 14.2 Å². The Morgan fingerprint density at radius 3 is 2.87 bits per heavy atom. The fraction of sp³-hybridized carbons (Fsp3) is 0.133. The second-order valence-electron chi connectivity index (χ2n) is 4.98. The monoisotopic (exact) mass is 441 g/mol. The van der Waals surface area contributed by atoms with Gasteiger partial charge in [-0.05, 0) is 40.3 Å². The van der Waals surface area contributed by atoms with Gasteiger partial charge in [0.2, 0.25) is 0 Å². The molecule has 118 valence electrons. The van der Waals surface area contributed by atoms with E-state index in [4.69, 9.17) is 11.6 Å². The third-order valence-electron chi connectivity index (χ3n) is 3.12. The molecule has 1 N–H and O–H groups in total. The van der Waals surface area contributed by atoms with E-state index in [1.807, 2.05) is 24.3 Å².